The second-order valence-corrected chi connectivity index (χ2v) is 6.02. The van der Waals surface area contributed by atoms with Crippen LogP contribution in [-0.4, -0.2) is 19.1 Å². The minimum atomic E-state index is 0.798. The lowest BCUT2D eigenvalue weighted by Gasteiger charge is -2.17. The summed E-state index contributed by atoms with van der Waals surface area (Å²) in [5.74, 6) is 1.01. The van der Waals surface area contributed by atoms with E-state index in [2.05, 4.69) is 55.7 Å². The summed E-state index contributed by atoms with van der Waals surface area (Å²) in [5.41, 5.74) is 1.06. The summed E-state index contributed by atoms with van der Waals surface area (Å²) in [6, 6.07) is 8.28. The molecule has 0 spiro atoms. The van der Waals surface area contributed by atoms with Gasteiger partial charge in [-0.1, -0.05) is 6.07 Å². The van der Waals surface area contributed by atoms with Crippen LogP contribution in [0, 0.1) is 0 Å². The maximum absolute atomic E-state index is 4.62. The summed E-state index contributed by atoms with van der Waals surface area (Å²) in [7, 11) is 4.00. The maximum Gasteiger partial charge on any atom is 0.128 e. The number of nitrogens with one attached hydrogen (secondary N) is 1. The largest absolute Gasteiger partial charge is 0.355 e. The first-order valence-corrected chi connectivity index (χ1v) is 7.41. The zero-order valence-electron chi connectivity index (χ0n) is 10.5. The Morgan fingerprint density at radius 2 is 2.28 bits per heavy atom. The molecule has 0 amide bonds. The Morgan fingerprint density at radius 1 is 1.44 bits per heavy atom. The van der Waals surface area contributed by atoms with Gasteiger partial charge in [0.2, 0.25) is 0 Å². The van der Waals surface area contributed by atoms with Crippen molar-refractivity contribution in [2.45, 2.75) is 13.1 Å². The lowest BCUT2D eigenvalue weighted by molar-refractivity contribution is 0.784. The molecule has 5 heteroatoms. The van der Waals surface area contributed by atoms with E-state index in [1.807, 2.05) is 19.2 Å². The number of hydrogen-bond donors (Lipinski definition) is 1. The molecule has 2 heterocycles. The normalized spacial score (nSPS) is 10.6. The average Bonchev–Trinajstić information content (AvgIpc) is 2.75. The van der Waals surface area contributed by atoms with Crippen molar-refractivity contribution in [3.63, 3.8) is 0 Å². The number of hydrogen-bond acceptors (Lipinski definition) is 4. The number of pyridine rings is 1. The zero-order chi connectivity index (χ0) is 13.0. The molecule has 0 aromatic carbocycles. The molecule has 3 nitrogen and oxygen atoms in total. The van der Waals surface area contributed by atoms with Crippen LogP contribution in [0.15, 0.2) is 34.1 Å². The molecule has 1 N–H and O–H groups in total. The number of anilines is 1. The van der Waals surface area contributed by atoms with Crippen molar-refractivity contribution < 1.29 is 0 Å². The van der Waals surface area contributed by atoms with Gasteiger partial charge in [-0.05, 0) is 41.2 Å². The summed E-state index contributed by atoms with van der Waals surface area (Å²) in [6.45, 7) is 1.68. The van der Waals surface area contributed by atoms with E-state index in [1.54, 1.807) is 11.3 Å². The topological polar surface area (TPSA) is 28.2 Å². The van der Waals surface area contributed by atoms with Gasteiger partial charge in [0, 0.05) is 28.3 Å². The number of thiophene rings is 1. The third-order valence-electron chi connectivity index (χ3n) is 2.56. The highest BCUT2D eigenvalue weighted by molar-refractivity contribution is 9.10. The summed E-state index contributed by atoms with van der Waals surface area (Å²) >= 11 is 5.24. The number of aromatic nitrogens is 1. The standard InChI is InChI=1S/C13H16BrN3S/c1-15-7-11-4-3-5-13(16-11)17(2)8-12-6-10(14)9-18-12/h3-6,9,15H,7-8H2,1-2H3. The predicted molar refractivity (Wildman–Crippen MR) is 81.1 cm³/mol. The highest BCUT2D eigenvalue weighted by Crippen LogP contribution is 2.22. The monoisotopic (exact) mass is 325 g/mol. The smallest absolute Gasteiger partial charge is 0.128 e. The first-order chi connectivity index (χ1) is 8.69. The van der Waals surface area contributed by atoms with Gasteiger partial charge in [0.25, 0.3) is 0 Å². The fourth-order valence-electron chi connectivity index (χ4n) is 1.71. The Balaban J connectivity index is 2.08. The number of halogens is 1. The van der Waals surface area contributed by atoms with Crippen molar-refractivity contribution in [2.75, 3.05) is 19.0 Å². The molecule has 0 radical (unpaired) electrons. The van der Waals surface area contributed by atoms with Gasteiger partial charge in [-0.25, -0.2) is 4.98 Å². The van der Waals surface area contributed by atoms with Crippen LogP contribution in [0.25, 0.3) is 0 Å². The SMILES string of the molecule is CNCc1cccc(N(C)Cc2cc(Br)cs2)n1. The quantitative estimate of drug-likeness (QED) is 0.914. The molecule has 0 saturated carbocycles. The molecule has 0 aliphatic heterocycles. The highest BCUT2D eigenvalue weighted by atomic mass is 79.9. The molecule has 2 rings (SSSR count). The number of nitrogens with zero attached hydrogens (tertiary/aromatic N) is 2. The fraction of sp³-hybridized carbons (Fsp3) is 0.308. The molecule has 0 saturated heterocycles. The van der Waals surface area contributed by atoms with Gasteiger partial charge in [0.05, 0.1) is 12.2 Å². The summed E-state index contributed by atoms with van der Waals surface area (Å²) in [5, 5.41) is 5.22. The molecule has 0 aliphatic rings. The first-order valence-electron chi connectivity index (χ1n) is 5.73. The zero-order valence-corrected chi connectivity index (χ0v) is 12.9. The van der Waals surface area contributed by atoms with Crippen LogP contribution in [0.5, 0.6) is 0 Å². The average molecular weight is 326 g/mol. The molecule has 0 fully saturated rings. The van der Waals surface area contributed by atoms with Gasteiger partial charge in [0.1, 0.15) is 5.82 Å². The number of rotatable bonds is 5. The summed E-state index contributed by atoms with van der Waals surface area (Å²) in [6.07, 6.45) is 0. The van der Waals surface area contributed by atoms with Gasteiger partial charge in [-0.3, -0.25) is 0 Å². The highest BCUT2D eigenvalue weighted by Gasteiger charge is 2.06. The summed E-state index contributed by atoms with van der Waals surface area (Å²) in [4.78, 5) is 8.11. The Morgan fingerprint density at radius 3 is 2.94 bits per heavy atom. The Hall–Kier alpha value is -0.910. The Bertz CT molecular complexity index is 512. The summed E-state index contributed by atoms with van der Waals surface area (Å²) < 4.78 is 1.15. The minimum Gasteiger partial charge on any atom is -0.355 e. The van der Waals surface area contributed by atoms with Crippen molar-refractivity contribution in [1.29, 1.82) is 0 Å². The molecule has 0 unspecified atom stereocenters. The van der Waals surface area contributed by atoms with Crippen LogP contribution in [0.1, 0.15) is 10.6 Å². The Kier molecular flexibility index (Phi) is 4.74. The second-order valence-electron chi connectivity index (χ2n) is 4.10. The molecule has 0 bridgehead atoms. The van der Waals surface area contributed by atoms with E-state index in [0.717, 1.165) is 29.1 Å². The minimum absolute atomic E-state index is 0.798. The van der Waals surface area contributed by atoms with Crippen molar-refractivity contribution >= 4 is 33.1 Å². The van der Waals surface area contributed by atoms with Crippen molar-refractivity contribution in [2.24, 2.45) is 0 Å². The lowest BCUT2D eigenvalue weighted by atomic mass is 10.3. The molecule has 96 valence electrons. The molecule has 0 aliphatic carbocycles. The van der Waals surface area contributed by atoms with Crippen LogP contribution >= 0.6 is 27.3 Å². The van der Waals surface area contributed by atoms with Gasteiger partial charge in [-0.2, -0.15) is 0 Å². The van der Waals surface area contributed by atoms with Crippen LogP contribution in [0.3, 0.4) is 0 Å². The third kappa shape index (κ3) is 3.54. The predicted octanol–water partition coefficient (Wildman–Crippen LogP) is 3.26. The molecule has 2 aromatic rings. The van der Waals surface area contributed by atoms with Crippen molar-refractivity contribution in [3.05, 3.63) is 44.7 Å². The van der Waals surface area contributed by atoms with Gasteiger partial charge < -0.3 is 10.2 Å². The van der Waals surface area contributed by atoms with E-state index < -0.39 is 0 Å². The second kappa shape index (κ2) is 6.31. The lowest BCUT2D eigenvalue weighted by Crippen LogP contribution is -2.18. The molecule has 18 heavy (non-hydrogen) atoms. The van der Waals surface area contributed by atoms with Gasteiger partial charge in [0.15, 0.2) is 0 Å². The van der Waals surface area contributed by atoms with Gasteiger partial charge >= 0.3 is 0 Å². The molecular formula is C13H16BrN3S. The maximum atomic E-state index is 4.62. The van der Waals surface area contributed by atoms with E-state index in [0.29, 0.717) is 0 Å². The van der Waals surface area contributed by atoms with E-state index in [1.165, 1.54) is 4.88 Å². The van der Waals surface area contributed by atoms with Crippen molar-refractivity contribution in [3.8, 4) is 0 Å². The van der Waals surface area contributed by atoms with Crippen LogP contribution in [0.2, 0.25) is 0 Å². The van der Waals surface area contributed by atoms with Crippen LogP contribution in [-0.2, 0) is 13.1 Å². The van der Waals surface area contributed by atoms with E-state index in [-0.39, 0.29) is 0 Å². The molecule has 2 aromatic heterocycles. The van der Waals surface area contributed by atoms with Crippen molar-refractivity contribution in [1.82, 2.24) is 10.3 Å². The molecular weight excluding hydrogens is 310 g/mol. The molecule has 0 atom stereocenters. The van der Waals surface area contributed by atoms with E-state index >= 15 is 0 Å². The van der Waals surface area contributed by atoms with Gasteiger partial charge in [-0.15, -0.1) is 11.3 Å². The first kappa shape index (κ1) is 13.5. The van der Waals surface area contributed by atoms with Crippen LogP contribution in [0.4, 0.5) is 5.82 Å². The van der Waals surface area contributed by atoms with E-state index in [4.69, 9.17) is 0 Å². The van der Waals surface area contributed by atoms with E-state index in [9.17, 15) is 0 Å². The third-order valence-corrected chi connectivity index (χ3v) is 4.24. The Labute approximate surface area is 120 Å². The fourth-order valence-corrected chi connectivity index (χ4v) is 3.21. The van der Waals surface area contributed by atoms with Crippen LogP contribution < -0.4 is 10.2 Å².